The molecule has 0 aliphatic carbocycles. The molecule has 0 unspecified atom stereocenters. The third-order valence-corrected chi connectivity index (χ3v) is 1.74. The van der Waals surface area contributed by atoms with Gasteiger partial charge in [0.2, 0.25) is 0 Å². The summed E-state index contributed by atoms with van der Waals surface area (Å²) in [5.41, 5.74) is 1.28. The van der Waals surface area contributed by atoms with Crippen molar-refractivity contribution < 1.29 is 0 Å². The van der Waals surface area contributed by atoms with E-state index in [2.05, 4.69) is 44.1 Å². The molecule has 3 nitrogen and oxygen atoms in total. The molecule has 0 saturated carbocycles. The minimum absolute atomic E-state index is 0.659. The lowest BCUT2D eigenvalue weighted by Gasteiger charge is -2.06. The van der Waals surface area contributed by atoms with E-state index in [9.17, 15) is 0 Å². The summed E-state index contributed by atoms with van der Waals surface area (Å²) in [6.45, 7) is 6.38. The van der Waals surface area contributed by atoms with E-state index in [0.717, 1.165) is 13.1 Å². The van der Waals surface area contributed by atoms with Gasteiger partial charge in [-0.3, -0.25) is 4.68 Å². The molecule has 0 saturated heterocycles. The van der Waals surface area contributed by atoms with E-state index in [1.54, 1.807) is 0 Å². The van der Waals surface area contributed by atoms with Gasteiger partial charge in [-0.1, -0.05) is 13.8 Å². The molecule has 0 bridgehead atoms. The average Bonchev–Trinajstić information content (AvgIpc) is 2.33. The molecule has 3 heteroatoms. The fraction of sp³-hybridized carbons (Fsp3) is 0.700. The Bertz CT molecular complexity index is 226. The Morgan fingerprint density at radius 1 is 1.46 bits per heavy atom. The molecule has 0 aliphatic rings. The minimum Gasteiger partial charge on any atom is -0.305 e. The third kappa shape index (κ3) is 3.59. The van der Waals surface area contributed by atoms with Crippen LogP contribution >= 0.6 is 0 Å². The van der Waals surface area contributed by atoms with Crippen LogP contribution in [0.2, 0.25) is 0 Å². The highest BCUT2D eigenvalue weighted by Crippen LogP contribution is 2.03. The predicted molar refractivity (Wildman–Crippen MR) is 54.5 cm³/mol. The topological polar surface area (TPSA) is 21.1 Å². The zero-order chi connectivity index (χ0) is 9.84. The highest BCUT2D eigenvalue weighted by atomic mass is 15.3. The van der Waals surface area contributed by atoms with Crippen LogP contribution in [0.4, 0.5) is 0 Å². The molecule has 0 fully saturated rings. The maximum Gasteiger partial charge on any atom is 0.0534 e. The van der Waals surface area contributed by atoms with Gasteiger partial charge in [-0.25, -0.2) is 0 Å². The van der Waals surface area contributed by atoms with E-state index in [-0.39, 0.29) is 0 Å². The maximum atomic E-state index is 4.30. The molecule has 0 spiro atoms. The predicted octanol–water partition coefficient (Wildman–Crippen LogP) is 1.60. The Labute approximate surface area is 80.4 Å². The van der Waals surface area contributed by atoms with Crippen LogP contribution in [0.3, 0.4) is 0 Å². The van der Waals surface area contributed by atoms with Gasteiger partial charge in [0.15, 0.2) is 0 Å². The lowest BCUT2D eigenvalue weighted by atomic mass is 10.2. The first-order valence-electron chi connectivity index (χ1n) is 4.74. The molecule has 1 heterocycles. The lowest BCUT2D eigenvalue weighted by molar-refractivity contribution is 0.402. The minimum atomic E-state index is 0.659. The van der Waals surface area contributed by atoms with Gasteiger partial charge in [0.1, 0.15) is 0 Å². The second-order valence-electron chi connectivity index (χ2n) is 4.20. The SMILES string of the molecule is CC(C)Cn1cc(CN(C)C)cn1. The second kappa shape index (κ2) is 4.42. The van der Waals surface area contributed by atoms with Crippen LogP contribution in [0.25, 0.3) is 0 Å². The van der Waals surface area contributed by atoms with Gasteiger partial charge in [-0.15, -0.1) is 0 Å². The lowest BCUT2D eigenvalue weighted by Crippen LogP contribution is -2.10. The first-order valence-corrected chi connectivity index (χ1v) is 4.74. The van der Waals surface area contributed by atoms with Crippen molar-refractivity contribution in [3.63, 3.8) is 0 Å². The zero-order valence-electron chi connectivity index (χ0n) is 8.99. The summed E-state index contributed by atoms with van der Waals surface area (Å²) in [7, 11) is 4.14. The summed E-state index contributed by atoms with van der Waals surface area (Å²) in [5, 5.41) is 4.30. The quantitative estimate of drug-likeness (QED) is 0.703. The van der Waals surface area contributed by atoms with E-state index in [0.29, 0.717) is 5.92 Å². The van der Waals surface area contributed by atoms with Crippen LogP contribution in [0.1, 0.15) is 19.4 Å². The Morgan fingerprint density at radius 3 is 2.69 bits per heavy atom. The maximum absolute atomic E-state index is 4.30. The summed E-state index contributed by atoms with van der Waals surface area (Å²) < 4.78 is 2.02. The van der Waals surface area contributed by atoms with Crippen LogP contribution in [-0.4, -0.2) is 28.8 Å². The van der Waals surface area contributed by atoms with E-state index < -0.39 is 0 Å². The molecule has 0 aromatic carbocycles. The van der Waals surface area contributed by atoms with Crippen LogP contribution in [-0.2, 0) is 13.1 Å². The molecule has 1 aromatic heterocycles. The molecule has 0 amide bonds. The first kappa shape index (κ1) is 10.3. The molecule has 74 valence electrons. The van der Waals surface area contributed by atoms with E-state index >= 15 is 0 Å². The van der Waals surface area contributed by atoms with Gasteiger partial charge >= 0.3 is 0 Å². The Kier molecular flexibility index (Phi) is 3.48. The van der Waals surface area contributed by atoms with Crippen LogP contribution in [0.5, 0.6) is 0 Å². The van der Waals surface area contributed by atoms with Crippen molar-refractivity contribution in [1.82, 2.24) is 14.7 Å². The first-order chi connectivity index (χ1) is 6.08. The fourth-order valence-electron chi connectivity index (χ4n) is 1.33. The van der Waals surface area contributed by atoms with Gasteiger partial charge in [0.05, 0.1) is 6.20 Å². The van der Waals surface area contributed by atoms with Crippen molar-refractivity contribution in [3.8, 4) is 0 Å². The van der Waals surface area contributed by atoms with Crippen molar-refractivity contribution in [2.45, 2.75) is 26.9 Å². The van der Waals surface area contributed by atoms with Crippen LogP contribution < -0.4 is 0 Å². The monoisotopic (exact) mass is 181 g/mol. The number of hydrogen-bond acceptors (Lipinski definition) is 2. The van der Waals surface area contributed by atoms with E-state index in [1.165, 1.54) is 5.56 Å². The summed E-state index contributed by atoms with van der Waals surface area (Å²) in [6, 6.07) is 0. The molecule has 1 aromatic rings. The molecule has 1 rings (SSSR count). The van der Waals surface area contributed by atoms with Crippen LogP contribution in [0.15, 0.2) is 12.4 Å². The number of hydrogen-bond donors (Lipinski definition) is 0. The fourth-order valence-corrected chi connectivity index (χ4v) is 1.33. The normalized spacial score (nSPS) is 11.5. The molecule has 13 heavy (non-hydrogen) atoms. The number of rotatable bonds is 4. The molecular formula is C10H19N3. The van der Waals surface area contributed by atoms with Gasteiger partial charge in [-0.2, -0.15) is 5.10 Å². The highest BCUT2D eigenvalue weighted by Gasteiger charge is 2.01. The summed E-state index contributed by atoms with van der Waals surface area (Å²) in [6.07, 6.45) is 4.07. The molecular weight excluding hydrogens is 162 g/mol. The van der Waals surface area contributed by atoms with Gasteiger partial charge in [-0.05, 0) is 20.0 Å². The number of nitrogens with zero attached hydrogens (tertiary/aromatic N) is 3. The zero-order valence-corrected chi connectivity index (χ0v) is 8.99. The summed E-state index contributed by atoms with van der Waals surface area (Å²) in [4.78, 5) is 2.15. The average molecular weight is 181 g/mol. The second-order valence-corrected chi connectivity index (χ2v) is 4.20. The van der Waals surface area contributed by atoms with Crippen molar-refractivity contribution in [2.24, 2.45) is 5.92 Å². The van der Waals surface area contributed by atoms with Crippen LogP contribution in [0, 0.1) is 5.92 Å². The van der Waals surface area contributed by atoms with Crippen molar-refractivity contribution in [3.05, 3.63) is 18.0 Å². The Hall–Kier alpha value is -0.830. The third-order valence-electron chi connectivity index (χ3n) is 1.74. The Balaban J connectivity index is 2.53. The van der Waals surface area contributed by atoms with Crippen molar-refractivity contribution >= 4 is 0 Å². The van der Waals surface area contributed by atoms with Gasteiger partial charge in [0, 0.05) is 24.8 Å². The summed E-state index contributed by atoms with van der Waals surface area (Å²) in [5.74, 6) is 0.659. The van der Waals surface area contributed by atoms with E-state index in [4.69, 9.17) is 0 Å². The van der Waals surface area contributed by atoms with Gasteiger partial charge < -0.3 is 4.90 Å². The highest BCUT2D eigenvalue weighted by molar-refractivity contribution is 5.03. The smallest absolute Gasteiger partial charge is 0.0534 e. The molecule has 0 radical (unpaired) electrons. The molecule has 0 N–H and O–H groups in total. The van der Waals surface area contributed by atoms with Gasteiger partial charge in [0.25, 0.3) is 0 Å². The molecule has 0 atom stereocenters. The number of aromatic nitrogens is 2. The largest absolute Gasteiger partial charge is 0.305 e. The van der Waals surface area contributed by atoms with E-state index in [1.807, 2.05) is 10.9 Å². The summed E-state index contributed by atoms with van der Waals surface area (Å²) >= 11 is 0. The Morgan fingerprint density at radius 2 is 2.15 bits per heavy atom. The molecule has 0 aliphatic heterocycles. The van der Waals surface area contributed by atoms with Crippen molar-refractivity contribution in [2.75, 3.05) is 14.1 Å². The standard InChI is InChI=1S/C10H19N3/c1-9(2)6-13-8-10(5-11-13)7-12(3)4/h5,8-9H,6-7H2,1-4H3. The van der Waals surface area contributed by atoms with Crippen molar-refractivity contribution in [1.29, 1.82) is 0 Å².